The third-order valence-corrected chi connectivity index (χ3v) is 14.1. The molecule has 0 spiro atoms. The molecule has 0 saturated heterocycles. The fraction of sp³-hybridized carbons (Fsp3) is 0.268. The zero-order valence-electron chi connectivity index (χ0n) is 28.0. The van der Waals surface area contributed by atoms with Gasteiger partial charge in [-0.15, -0.1) is 0 Å². The summed E-state index contributed by atoms with van der Waals surface area (Å²) in [5, 5.41) is 13.0. The fourth-order valence-electron chi connectivity index (χ4n) is 6.79. The van der Waals surface area contributed by atoms with Crippen molar-refractivity contribution < 1.29 is 27.1 Å². The average Bonchev–Trinajstić information content (AvgIpc) is 3.05. The lowest BCUT2D eigenvalue weighted by atomic mass is 9.82. The van der Waals surface area contributed by atoms with Crippen LogP contribution in [0.5, 0.6) is 0 Å². The maximum absolute atomic E-state index is 14.2. The molecule has 0 amide bonds. The van der Waals surface area contributed by atoms with Crippen LogP contribution in [-0.2, 0) is 30.2 Å². The van der Waals surface area contributed by atoms with Gasteiger partial charge >= 0.3 is 6.18 Å². The van der Waals surface area contributed by atoms with Crippen molar-refractivity contribution in [1.82, 2.24) is 0 Å². The van der Waals surface area contributed by atoms with Crippen LogP contribution >= 0.6 is 0 Å². The van der Waals surface area contributed by atoms with E-state index in [2.05, 4.69) is 65.0 Å². The largest absolute Gasteiger partial charge is 0.416 e. The molecule has 7 heteroatoms. The molecule has 48 heavy (non-hydrogen) atoms. The van der Waals surface area contributed by atoms with Crippen molar-refractivity contribution in [2.45, 2.75) is 71.4 Å². The van der Waals surface area contributed by atoms with E-state index in [4.69, 9.17) is 4.43 Å². The monoisotopic (exact) mass is 670 g/mol. The van der Waals surface area contributed by atoms with Gasteiger partial charge in [-0.2, -0.15) is 13.2 Å². The van der Waals surface area contributed by atoms with Gasteiger partial charge in [-0.25, -0.2) is 4.39 Å². The second-order valence-electron chi connectivity index (χ2n) is 13.6. The maximum atomic E-state index is 14.2. The van der Waals surface area contributed by atoms with Crippen LogP contribution in [0.3, 0.4) is 0 Å². The number of aliphatic hydroxyl groups excluding tert-OH is 1. The molecular formula is C41H42F4O2Si. The molecule has 0 radical (unpaired) electrons. The molecule has 0 aliphatic heterocycles. The zero-order valence-corrected chi connectivity index (χ0v) is 29.0. The molecule has 5 rings (SSSR count). The van der Waals surface area contributed by atoms with Crippen molar-refractivity contribution in [2.75, 3.05) is 0 Å². The molecule has 1 N–H and O–H groups in total. The van der Waals surface area contributed by atoms with E-state index in [1.54, 1.807) is 12.1 Å². The molecule has 0 aliphatic rings. The van der Waals surface area contributed by atoms with Gasteiger partial charge in [0.2, 0.25) is 0 Å². The van der Waals surface area contributed by atoms with Crippen LogP contribution in [0.1, 0.15) is 73.9 Å². The molecule has 0 fully saturated rings. The first-order valence-electron chi connectivity index (χ1n) is 16.2. The van der Waals surface area contributed by atoms with Crippen molar-refractivity contribution in [3.05, 3.63) is 154 Å². The summed E-state index contributed by atoms with van der Waals surface area (Å²) in [6, 6.07) is 34.1. The van der Waals surface area contributed by atoms with Gasteiger partial charge in [0.1, 0.15) is 5.82 Å². The first-order chi connectivity index (χ1) is 22.8. The quantitative estimate of drug-likeness (QED) is 0.118. The smallest absolute Gasteiger partial charge is 0.403 e. The van der Waals surface area contributed by atoms with Gasteiger partial charge < -0.3 is 9.53 Å². The van der Waals surface area contributed by atoms with Crippen LogP contribution in [-0.4, -0.2) is 13.4 Å². The van der Waals surface area contributed by atoms with E-state index in [0.717, 1.165) is 50.3 Å². The Labute approximate surface area is 282 Å². The second kappa shape index (κ2) is 14.2. The molecule has 0 bridgehead atoms. The lowest BCUT2D eigenvalue weighted by molar-refractivity contribution is -0.137. The summed E-state index contributed by atoms with van der Waals surface area (Å²) in [7, 11) is -2.94. The minimum atomic E-state index is -4.43. The van der Waals surface area contributed by atoms with Crippen LogP contribution in [0, 0.1) is 5.82 Å². The molecule has 0 aromatic heterocycles. The number of halogens is 4. The summed E-state index contributed by atoms with van der Waals surface area (Å²) in [6.45, 7) is 10.7. The Morgan fingerprint density at radius 1 is 0.729 bits per heavy atom. The van der Waals surface area contributed by atoms with Crippen molar-refractivity contribution >= 4 is 18.7 Å². The van der Waals surface area contributed by atoms with E-state index in [9.17, 15) is 22.7 Å². The van der Waals surface area contributed by atoms with E-state index in [1.807, 2.05) is 36.4 Å². The lowest BCUT2D eigenvalue weighted by Gasteiger charge is -2.43. The maximum Gasteiger partial charge on any atom is 0.416 e. The predicted molar refractivity (Wildman–Crippen MR) is 189 cm³/mol. The van der Waals surface area contributed by atoms with Gasteiger partial charge in [0.05, 0.1) is 18.8 Å². The number of benzene rings is 5. The highest BCUT2D eigenvalue weighted by atomic mass is 28.4. The van der Waals surface area contributed by atoms with Gasteiger partial charge in [-0.3, -0.25) is 0 Å². The molecule has 5 aromatic rings. The van der Waals surface area contributed by atoms with Crippen LogP contribution < -0.4 is 10.4 Å². The first-order valence-corrected chi connectivity index (χ1v) is 18.1. The summed E-state index contributed by atoms with van der Waals surface area (Å²) >= 11 is 0. The molecule has 2 nitrogen and oxygen atoms in total. The molecule has 0 atom stereocenters. The van der Waals surface area contributed by atoms with Crippen LogP contribution in [0.15, 0.2) is 115 Å². The fourth-order valence-corrected chi connectivity index (χ4v) is 11.3. The van der Waals surface area contributed by atoms with E-state index >= 15 is 0 Å². The van der Waals surface area contributed by atoms with E-state index in [-0.39, 0.29) is 30.0 Å². The van der Waals surface area contributed by atoms with Gasteiger partial charge in [0, 0.05) is 0 Å². The Bertz CT molecular complexity index is 1770. The van der Waals surface area contributed by atoms with Crippen LogP contribution in [0.25, 0.3) is 11.1 Å². The third kappa shape index (κ3) is 7.19. The van der Waals surface area contributed by atoms with E-state index in [0.29, 0.717) is 17.5 Å². The summed E-state index contributed by atoms with van der Waals surface area (Å²) in [6.07, 6.45) is -4.10. The zero-order chi connectivity index (χ0) is 34.7. The highest BCUT2D eigenvalue weighted by molar-refractivity contribution is 6.99. The normalized spacial score (nSPS) is 12.5. The standard InChI is InChI=1S/C41H42F4O2Si/c1-28(2)36-25-31(27-47-48(40(3,4)5,34-12-8-6-9-13-34)35-14-10-7-11-15-35)38(26-46)39(30-18-22-33(42)23-19-30)37(36)24-29-16-20-32(21-17-29)41(43,44)45/h6-23,25,28,46H,24,26-27H2,1-5H3. The Morgan fingerprint density at radius 3 is 1.73 bits per heavy atom. The topological polar surface area (TPSA) is 29.5 Å². The number of rotatable bonds is 10. The predicted octanol–water partition coefficient (Wildman–Crippen LogP) is 9.79. The SMILES string of the molecule is CC(C)c1cc(CO[Si](c2ccccc2)(c2ccccc2)C(C)(C)C)c(CO)c(-c2ccc(F)cc2)c1Cc1ccc(C(F)(F)F)cc1. The molecule has 0 aliphatic carbocycles. The van der Waals surface area contributed by atoms with Crippen molar-refractivity contribution in [3.8, 4) is 11.1 Å². The summed E-state index contributed by atoms with van der Waals surface area (Å²) < 4.78 is 61.6. The lowest BCUT2D eigenvalue weighted by Crippen LogP contribution is -2.66. The van der Waals surface area contributed by atoms with Gasteiger partial charge in [0.15, 0.2) is 0 Å². The Balaban J connectivity index is 1.71. The Morgan fingerprint density at radius 2 is 1.27 bits per heavy atom. The highest BCUT2D eigenvalue weighted by Gasteiger charge is 2.50. The molecule has 0 saturated carbocycles. The van der Waals surface area contributed by atoms with Crippen molar-refractivity contribution in [3.63, 3.8) is 0 Å². The van der Waals surface area contributed by atoms with Crippen LogP contribution in [0.2, 0.25) is 5.04 Å². The molecule has 5 aromatic carbocycles. The Kier molecular flexibility index (Phi) is 10.4. The summed E-state index contributed by atoms with van der Waals surface area (Å²) in [5.74, 6) is -0.350. The third-order valence-electron chi connectivity index (χ3n) is 9.11. The minimum Gasteiger partial charge on any atom is -0.403 e. The number of alkyl halides is 3. The minimum absolute atomic E-state index is 0.0352. The van der Waals surface area contributed by atoms with Crippen molar-refractivity contribution in [1.29, 1.82) is 0 Å². The molecule has 0 unspecified atom stereocenters. The van der Waals surface area contributed by atoms with E-state index in [1.165, 1.54) is 24.3 Å². The molecular weight excluding hydrogens is 629 g/mol. The van der Waals surface area contributed by atoms with Gasteiger partial charge in [0.25, 0.3) is 8.32 Å². The van der Waals surface area contributed by atoms with E-state index < -0.39 is 20.1 Å². The van der Waals surface area contributed by atoms with Gasteiger partial charge in [-0.05, 0) is 91.0 Å². The number of aliphatic hydroxyl groups is 1. The highest BCUT2D eigenvalue weighted by Crippen LogP contribution is 2.41. The Hall–Kier alpha value is -4.04. The molecule has 0 heterocycles. The summed E-state index contributed by atoms with van der Waals surface area (Å²) in [4.78, 5) is 0. The van der Waals surface area contributed by atoms with Crippen LogP contribution in [0.4, 0.5) is 17.6 Å². The summed E-state index contributed by atoms with van der Waals surface area (Å²) in [5.41, 5.74) is 4.83. The number of hydrogen-bond acceptors (Lipinski definition) is 2. The average molecular weight is 671 g/mol. The second-order valence-corrected chi connectivity index (χ2v) is 17.9. The van der Waals surface area contributed by atoms with Crippen molar-refractivity contribution in [2.24, 2.45) is 0 Å². The first kappa shape index (κ1) is 35.3. The number of hydrogen-bond donors (Lipinski definition) is 1. The van der Waals surface area contributed by atoms with Gasteiger partial charge in [-0.1, -0.05) is 126 Å². The molecule has 250 valence electrons.